The van der Waals surface area contributed by atoms with E-state index in [1.54, 1.807) is 13.8 Å². The Morgan fingerprint density at radius 1 is 1.44 bits per heavy atom. The van der Waals surface area contributed by atoms with E-state index >= 15 is 0 Å². The van der Waals surface area contributed by atoms with E-state index in [2.05, 4.69) is 14.9 Å². The molecule has 0 bridgehead atoms. The highest BCUT2D eigenvalue weighted by Gasteiger charge is 2.48. The number of carboxylic acid groups (broad SMARTS) is 1. The maximum Gasteiger partial charge on any atom is 0.324 e. The molecule has 0 unspecified atom stereocenters. The highest BCUT2D eigenvalue weighted by atomic mass is 32.2. The van der Waals surface area contributed by atoms with Gasteiger partial charge < -0.3 is 5.11 Å². The molecule has 0 aliphatic heterocycles. The van der Waals surface area contributed by atoms with Gasteiger partial charge in [0, 0.05) is 0 Å². The number of aliphatic carboxylic acids is 1. The van der Waals surface area contributed by atoms with Crippen molar-refractivity contribution in [2.24, 2.45) is 0 Å². The molecule has 0 aromatic carbocycles. The molecule has 8 heteroatoms. The highest BCUT2D eigenvalue weighted by molar-refractivity contribution is 7.89. The third kappa shape index (κ3) is 1.91. The topological polar surface area (TPSA) is 112 Å². The number of aryl methyl sites for hydroxylation is 2. The van der Waals surface area contributed by atoms with Crippen molar-refractivity contribution >= 4 is 16.0 Å². The van der Waals surface area contributed by atoms with Crippen LogP contribution < -0.4 is 4.72 Å². The van der Waals surface area contributed by atoms with Gasteiger partial charge in [-0.3, -0.25) is 9.89 Å². The SMILES string of the molecule is Cc1n[nH]c(C)c1S(=O)(=O)NC1(C(=O)O)CCC1. The van der Waals surface area contributed by atoms with Crippen LogP contribution >= 0.6 is 0 Å². The Hall–Kier alpha value is -1.41. The summed E-state index contributed by atoms with van der Waals surface area (Å²) in [5.41, 5.74) is -0.616. The molecular weight excluding hydrogens is 258 g/mol. The number of sulfonamides is 1. The van der Waals surface area contributed by atoms with E-state index in [0.717, 1.165) is 0 Å². The standard InChI is InChI=1S/C10H15N3O4S/c1-6-8(7(2)12-11-6)18(16,17)13-10(9(14)15)4-3-5-10/h13H,3-5H2,1-2H3,(H,11,12)(H,14,15). The molecule has 2 rings (SSSR count). The Morgan fingerprint density at radius 3 is 2.39 bits per heavy atom. The molecule has 1 fully saturated rings. The van der Waals surface area contributed by atoms with Crippen molar-refractivity contribution in [3.05, 3.63) is 11.4 Å². The number of nitrogens with one attached hydrogen (secondary N) is 2. The van der Waals surface area contributed by atoms with Gasteiger partial charge in [-0.2, -0.15) is 9.82 Å². The monoisotopic (exact) mass is 273 g/mol. The maximum absolute atomic E-state index is 12.2. The molecule has 1 aromatic rings. The Labute approximate surface area is 105 Å². The largest absolute Gasteiger partial charge is 0.480 e. The third-order valence-corrected chi connectivity index (χ3v) is 5.07. The number of H-pyrrole nitrogens is 1. The van der Waals surface area contributed by atoms with Gasteiger partial charge in [-0.05, 0) is 33.1 Å². The summed E-state index contributed by atoms with van der Waals surface area (Å²) in [6.45, 7) is 3.15. The molecule has 0 radical (unpaired) electrons. The number of aromatic amines is 1. The van der Waals surface area contributed by atoms with Crippen LogP contribution in [0.2, 0.25) is 0 Å². The smallest absolute Gasteiger partial charge is 0.324 e. The number of hydrogen-bond acceptors (Lipinski definition) is 4. The number of carbonyl (C=O) groups is 1. The lowest BCUT2D eigenvalue weighted by Gasteiger charge is -2.37. The number of carboxylic acids is 1. The van der Waals surface area contributed by atoms with Crippen LogP contribution in [0.4, 0.5) is 0 Å². The van der Waals surface area contributed by atoms with Crippen LogP contribution in [0.25, 0.3) is 0 Å². The molecule has 3 N–H and O–H groups in total. The van der Waals surface area contributed by atoms with Crippen molar-refractivity contribution < 1.29 is 18.3 Å². The van der Waals surface area contributed by atoms with Gasteiger partial charge in [0.15, 0.2) is 0 Å². The summed E-state index contributed by atoms with van der Waals surface area (Å²) < 4.78 is 26.7. The molecule has 1 heterocycles. The average Bonchev–Trinajstić information content (AvgIpc) is 2.52. The van der Waals surface area contributed by atoms with E-state index in [0.29, 0.717) is 30.7 Å². The predicted octanol–water partition coefficient (Wildman–Crippen LogP) is 0.312. The fourth-order valence-electron chi connectivity index (χ4n) is 2.13. The number of nitrogens with zero attached hydrogens (tertiary/aromatic N) is 1. The van der Waals surface area contributed by atoms with Crippen molar-refractivity contribution in [2.75, 3.05) is 0 Å². The predicted molar refractivity (Wildman–Crippen MR) is 62.6 cm³/mol. The molecule has 7 nitrogen and oxygen atoms in total. The summed E-state index contributed by atoms with van der Waals surface area (Å²) in [5.74, 6) is -1.13. The van der Waals surface area contributed by atoms with E-state index in [-0.39, 0.29) is 4.90 Å². The first kappa shape index (κ1) is 13.0. The average molecular weight is 273 g/mol. The first-order valence-electron chi connectivity index (χ1n) is 5.57. The molecule has 0 atom stereocenters. The molecular formula is C10H15N3O4S. The van der Waals surface area contributed by atoms with E-state index in [1.807, 2.05) is 0 Å². The molecule has 1 aliphatic carbocycles. The maximum atomic E-state index is 12.2. The molecule has 100 valence electrons. The molecule has 0 saturated heterocycles. The first-order valence-corrected chi connectivity index (χ1v) is 7.06. The number of rotatable bonds is 4. The van der Waals surface area contributed by atoms with Gasteiger partial charge in [-0.1, -0.05) is 0 Å². The Kier molecular flexibility index (Phi) is 2.94. The molecule has 0 spiro atoms. The minimum atomic E-state index is -3.87. The normalized spacial score (nSPS) is 18.3. The van der Waals surface area contributed by atoms with Crippen LogP contribution in [0.3, 0.4) is 0 Å². The lowest BCUT2D eigenvalue weighted by atomic mass is 9.78. The van der Waals surface area contributed by atoms with Crippen molar-refractivity contribution in [3.63, 3.8) is 0 Å². The second kappa shape index (κ2) is 4.06. The Bertz CT molecular complexity index is 567. The van der Waals surface area contributed by atoms with E-state index in [4.69, 9.17) is 5.11 Å². The highest BCUT2D eigenvalue weighted by Crippen LogP contribution is 2.34. The molecule has 1 aromatic heterocycles. The minimum Gasteiger partial charge on any atom is -0.480 e. The summed E-state index contributed by atoms with van der Waals surface area (Å²) in [5, 5.41) is 15.5. The van der Waals surface area contributed by atoms with Gasteiger partial charge in [0.05, 0.1) is 11.4 Å². The fraction of sp³-hybridized carbons (Fsp3) is 0.600. The van der Waals surface area contributed by atoms with Gasteiger partial charge in [0.25, 0.3) is 0 Å². The second-order valence-electron chi connectivity index (χ2n) is 4.61. The van der Waals surface area contributed by atoms with Crippen molar-refractivity contribution in [3.8, 4) is 0 Å². The zero-order valence-electron chi connectivity index (χ0n) is 10.1. The van der Waals surface area contributed by atoms with E-state index < -0.39 is 21.5 Å². The van der Waals surface area contributed by atoms with Gasteiger partial charge in [-0.15, -0.1) is 0 Å². The van der Waals surface area contributed by atoms with E-state index in [9.17, 15) is 13.2 Å². The van der Waals surface area contributed by atoms with Crippen LogP contribution in [0.5, 0.6) is 0 Å². The van der Waals surface area contributed by atoms with E-state index in [1.165, 1.54) is 0 Å². The molecule has 0 amide bonds. The van der Waals surface area contributed by atoms with Gasteiger partial charge in [0.2, 0.25) is 10.0 Å². The summed E-state index contributed by atoms with van der Waals surface area (Å²) in [7, 11) is -3.87. The van der Waals surface area contributed by atoms with Crippen LogP contribution in [0, 0.1) is 13.8 Å². The Morgan fingerprint density at radius 2 is 2.06 bits per heavy atom. The number of hydrogen-bond donors (Lipinski definition) is 3. The minimum absolute atomic E-state index is 0.0371. The molecule has 1 saturated carbocycles. The van der Waals surface area contributed by atoms with Gasteiger partial charge >= 0.3 is 5.97 Å². The zero-order valence-corrected chi connectivity index (χ0v) is 11.0. The van der Waals surface area contributed by atoms with Crippen LogP contribution in [0.1, 0.15) is 30.7 Å². The van der Waals surface area contributed by atoms with Crippen molar-refractivity contribution in [1.82, 2.24) is 14.9 Å². The molecule has 1 aliphatic rings. The quantitative estimate of drug-likeness (QED) is 0.731. The van der Waals surface area contributed by atoms with Crippen LogP contribution in [-0.4, -0.2) is 35.2 Å². The lowest BCUT2D eigenvalue weighted by Crippen LogP contribution is -2.59. The van der Waals surface area contributed by atoms with Gasteiger partial charge in [-0.25, -0.2) is 8.42 Å². The lowest BCUT2D eigenvalue weighted by molar-refractivity contribution is -0.147. The van der Waals surface area contributed by atoms with Crippen molar-refractivity contribution in [2.45, 2.75) is 43.5 Å². The van der Waals surface area contributed by atoms with Crippen molar-refractivity contribution in [1.29, 1.82) is 0 Å². The summed E-state index contributed by atoms with van der Waals surface area (Å²) in [6.07, 6.45) is 1.34. The fourth-order valence-corrected chi connectivity index (χ4v) is 3.93. The second-order valence-corrected chi connectivity index (χ2v) is 6.23. The Balaban J connectivity index is 2.36. The van der Waals surface area contributed by atoms with Gasteiger partial charge in [0.1, 0.15) is 10.4 Å². The molecule has 18 heavy (non-hydrogen) atoms. The third-order valence-electron chi connectivity index (χ3n) is 3.28. The summed E-state index contributed by atoms with van der Waals surface area (Å²) >= 11 is 0. The zero-order chi connectivity index (χ0) is 13.6. The van der Waals surface area contributed by atoms with Crippen LogP contribution in [-0.2, 0) is 14.8 Å². The first-order chi connectivity index (χ1) is 8.28. The number of aromatic nitrogens is 2. The van der Waals surface area contributed by atoms with Crippen LogP contribution in [0.15, 0.2) is 4.90 Å². The summed E-state index contributed by atoms with van der Waals surface area (Å²) in [6, 6.07) is 0. The summed E-state index contributed by atoms with van der Waals surface area (Å²) in [4.78, 5) is 11.2.